The first kappa shape index (κ1) is 56.6. The highest BCUT2D eigenvalue weighted by atomic mass is 16.6. The van der Waals surface area contributed by atoms with Crippen LogP contribution in [0.25, 0.3) is 0 Å². The van der Waals surface area contributed by atoms with Gasteiger partial charge in [-0.3, -0.25) is 19.2 Å². The van der Waals surface area contributed by atoms with Gasteiger partial charge in [0, 0.05) is 0 Å². The molecule has 0 radical (unpaired) electrons. The summed E-state index contributed by atoms with van der Waals surface area (Å²) in [5.41, 5.74) is -0.0791. The molecule has 8 saturated carbocycles. The van der Waals surface area contributed by atoms with Crippen LogP contribution in [-0.2, 0) is 28.7 Å². The number of esters is 2. The summed E-state index contributed by atoms with van der Waals surface area (Å²) in [7, 11) is 0. The lowest BCUT2D eigenvalue weighted by atomic mass is 9.43. The fourth-order valence-corrected chi connectivity index (χ4v) is 18.5. The van der Waals surface area contributed by atoms with E-state index in [2.05, 4.69) is 34.6 Å². The van der Waals surface area contributed by atoms with Gasteiger partial charge in [0.1, 0.15) is 0 Å². The molecule has 68 heavy (non-hydrogen) atoms. The minimum absolute atomic E-state index is 0. The van der Waals surface area contributed by atoms with Gasteiger partial charge in [0.15, 0.2) is 11.8 Å². The highest BCUT2D eigenvalue weighted by molar-refractivity contribution is 5.95. The molecule has 12 nitrogen and oxygen atoms in total. The monoisotopic (exact) mass is 961 g/mol. The van der Waals surface area contributed by atoms with Crippen molar-refractivity contribution in [3.63, 3.8) is 0 Å². The molecule has 6 N–H and O–H groups in total. The van der Waals surface area contributed by atoms with Crippen molar-refractivity contribution in [2.75, 3.05) is 13.2 Å². The van der Waals surface area contributed by atoms with Crippen LogP contribution in [0.1, 0.15) is 186 Å². The number of aliphatic hydroxyl groups is 4. The second-order valence-electron chi connectivity index (χ2n) is 24.5. The third-order valence-electron chi connectivity index (χ3n) is 22.0. The van der Waals surface area contributed by atoms with Crippen molar-refractivity contribution in [1.82, 2.24) is 0 Å². The molecule has 0 saturated heterocycles. The first-order chi connectivity index (χ1) is 31.1. The van der Waals surface area contributed by atoms with Gasteiger partial charge in [0.2, 0.25) is 0 Å². The van der Waals surface area contributed by atoms with Crippen molar-refractivity contribution in [3.8, 4) is 0 Å². The number of carbonyl (C=O) groups is 4. The Kier molecular flexibility index (Phi) is 18.2. The molecule has 392 valence electrons. The number of ether oxygens (including phenoxy) is 2. The van der Waals surface area contributed by atoms with E-state index in [0.29, 0.717) is 53.8 Å². The zero-order chi connectivity index (χ0) is 48.3. The zero-order valence-electron chi connectivity index (χ0n) is 41.7. The molecule has 0 spiro atoms. The van der Waals surface area contributed by atoms with Crippen molar-refractivity contribution in [1.29, 1.82) is 0 Å². The Morgan fingerprint density at radius 3 is 1.24 bits per heavy atom. The Bertz CT molecular complexity index is 1720. The predicted molar refractivity (Wildman–Crippen MR) is 262 cm³/mol. The topological polar surface area (TPSA) is 208 Å². The molecular formula is C56H96O12. The number of carbonyl (C=O) groups excluding carboxylic acids is 2. The number of hydrogen-bond acceptors (Lipinski definition) is 10. The molecule has 12 heteroatoms. The smallest absolute Gasteiger partial charge is 0.320 e. The predicted octanol–water partition coefficient (Wildman–Crippen LogP) is 9.81. The first-order valence-corrected chi connectivity index (χ1v) is 26.6. The Morgan fingerprint density at radius 1 is 0.515 bits per heavy atom. The first-order valence-electron chi connectivity index (χ1n) is 26.6. The van der Waals surface area contributed by atoms with Crippen LogP contribution >= 0.6 is 0 Å². The highest BCUT2D eigenvalue weighted by Crippen LogP contribution is 2.70. The Balaban J connectivity index is 0.000000248. The van der Waals surface area contributed by atoms with Crippen LogP contribution in [0.5, 0.6) is 0 Å². The Hall–Kier alpha value is -2.28. The van der Waals surface area contributed by atoms with Crippen molar-refractivity contribution in [3.05, 3.63) is 0 Å². The van der Waals surface area contributed by atoms with Gasteiger partial charge in [-0.15, -0.1) is 0 Å². The van der Waals surface area contributed by atoms with Crippen LogP contribution in [0.3, 0.4) is 0 Å². The van der Waals surface area contributed by atoms with Crippen LogP contribution in [0.4, 0.5) is 0 Å². The maximum atomic E-state index is 12.6. The van der Waals surface area contributed by atoms with Crippen molar-refractivity contribution >= 4 is 23.9 Å². The number of hydrogen-bond donors (Lipinski definition) is 6. The summed E-state index contributed by atoms with van der Waals surface area (Å²) in [6, 6.07) is 0. The number of carboxylic acid groups (broad SMARTS) is 2. The molecule has 0 aliphatic heterocycles. The van der Waals surface area contributed by atoms with Gasteiger partial charge in [-0.25, -0.2) is 0 Å². The average Bonchev–Trinajstić information content (AvgIpc) is 3.82. The number of carboxylic acids is 2. The lowest BCUT2D eigenvalue weighted by Crippen LogP contribution is -2.58. The van der Waals surface area contributed by atoms with Crippen LogP contribution in [-0.4, -0.2) is 92.1 Å². The molecule has 0 aromatic rings. The second-order valence-corrected chi connectivity index (χ2v) is 24.5. The standard InChI is InChI=1S/C29H48O6.C25H40O6.2CH4/c1-6-34-26(32)21(27(33)35-7-2)14-17(3)22-10-11-23-20-9-8-18-15-19(30)12-13-28(18,4)24(20)16-25(31)29(22,23)5;1-13(10-17(22(28)29)23(30)31)18-6-7-19-16-5-4-14-11-15(26)8-9-24(14,2)20(16)12-21(27)25(18,19)3;;/h17-25,30-31H,6-16H2,1-5H3;13-21,26-27H,4-12H2,1-3H3,(H,28,29)(H,30,31);2*1H4/t17-,18-,19-,20?,22-,23?,24?,25+,28+,29-;13-,14-,15-,16?,18-,19?,20?,21+,24+,25-;;/m11../s1. The fourth-order valence-electron chi connectivity index (χ4n) is 18.5. The SMILES string of the molecule is C.C.CCOC(=O)C(C[C@@H](C)[C@H]1CCC2C3CC[C@@H]4C[C@H](O)CC[C@]4(C)C3C[C@H](O)[C@@]21C)C(=O)OCC.C[C@H](CC(C(=O)O)C(=O)O)[C@H]1CCC2C3CC[C@@H]4C[C@H](O)CC[C@]4(C)C3C[C@H](O)[C@@]21C. The Morgan fingerprint density at radius 2 is 0.882 bits per heavy atom. The molecule has 0 bridgehead atoms. The molecular weight excluding hydrogens is 865 g/mol. The summed E-state index contributed by atoms with van der Waals surface area (Å²) in [5.74, 6) is -1.20. The summed E-state index contributed by atoms with van der Waals surface area (Å²) in [5, 5.41) is 62.5. The normalized spacial score (nSPS) is 44.3. The van der Waals surface area contributed by atoms with E-state index in [1.54, 1.807) is 13.8 Å². The molecule has 8 aliphatic carbocycles. The van der Waals surface area contributed by atoms with Gasteiger partial charge in [0.05, 0.1) is 37.6 Å². The highest BCUT2D eigenvalue weighted by Gasteiger charge is 2.66. The van der Waals surface area contributed by atoms with E-state index >= 15 is 0 Å². The molecule has 8 aliphatic rings. The van der Waals surface area contributed by atoms with Gasteiger partial charge in [-0.05, 0) is 222 Å². The van der Waals surface area contributed by atoms with Gasteiger partial charge in [0.25, 0.3) is 0 Å². The largest absolute Gasteiger partial charge is 0.481 e. The second kappa shape index (κ2) is 21.8. The number of aliphatic carboxylic acids is 2. The zero-order valence-corrected chi connectivity index (χ0v) is 41.7. The minimum Gasteiger partial charge on any atom is -0.481 e. The maximum absolute atomic E-state index is 12.6. The molecule has 20 atom stereocenters. The molecule has 6 unspecified atom stereocenters. The summed E-state index contributed by atoms with van der Waals surface area (Å²) >= 11 is 0. The molecule has 8 rings (SSSR count). The minimum atomic E-state index is -1.38. The van der Waals surface area contributed by atoms with E-state index < -0.39 is 41.8 Å². The quantitative estimate of drug-likeness (QED) is 0.0798. The van der Waals surface area contributed by atoms with E-state index in [1.807, 2.05) is 6.92 Å². The van der Waals surface area contributed by atoms with E-state index in [1.165, 1.54) is 12.8 Å². The lowest BCUT2D eigenvalue weighted by molar-refractivity contribution is -0.176. The molecule has 0 aromatic carbocycles. The van der Waals surface area contributed by atoms with E-state index in [0.717, 1.165) is 89.9 Å². The van der Waals surface area contributed by atoms with Crippen molar-refractivity contribution < 1.29 is 59.3 Å². The summed E-state index contributed by atoms with van der Waals surface area (Å²) in [6.45, 7) is 17.4. The van der Waals surface area contributed by atoms with E-state index in [9.17, 15) is 49.8 Å². The fraction of sp³-hybridized carbons (Fsp3) is 0.929. The summed E-state index contributed by atoms with van der Waals surface area (Å²) in [6.07, 6.45) is 15.4. The number of rotatable bonds is 12. The number of aliphatic hydroxyl groups excluding tert-OH is 4. The van der Waals surface area contributed by atoms with Crippen LogP contribution in [0, 0.1) is 105 Å². The summed E-state index contributed by atoms with van der Waals surface area (Å²) < 4.78 is 10.4. The Labute approximate surface area is 409 Å². The molecule has 0 heterocycles. The maximum Gasteiger partial charge on any atom is 0.320 e. The van der Waals surface area contributed by atoms with Gasteiger partial charge < -0.3 is 40.1 Å². The van der Waals surface area contributed by atoms with Gasteiger partial charge >= 0.3 is 23.9 Å². The van der Waals surface area contributed by atoms with Crippen molar-refractivity contribution in [2.24, 2.45) is 105 Å². The van der Waals surface area contributed by atoms with Crippen LogP contribution < -0.4 is 0 Å². The summed E-state index contributed by atoms with van der Waals surface area (Å²) in [4.78, 5) is 48.2. The third-order valence-corrected chi connectivity index (χ3v) is 22.0. The average molecular weight is 961 g/mol. The lowest BCUT2D eigenvalue weighted by Gasteiger charge is -2.62. The van der Waals surface area contributed by atoms with Crippen LogP contribution in [0.2, 0.25) is 0 Å². The van der Waals surface area contributed by atoms with E-state index in [4.69, 9.17) is 9.47 Å². The van der Waals surface area contributed by atoms with Gasteiger partial charge in [-0.1, -0.05) is 56.4 Å². The van der Waals surface area contributed by atoms with Gasteiger partial charge in [-0.2, -0.15) is 0 Å². The molecule has 0 aromatic heterocycles. The number of fused-ring (bicyclic) bond motifs is 10. The molecule has 0 amide bonds. The third kappa shape index (κ3) is 9.83. The molecule has 8 fully saturated rings. The van der Waals surface area contributed by atoms with E-state index in [-0.39, 0.29) is 98.1 Å². The van der Waals surface area contributed by atoms with Crippen LogP contribution in [0.15, 0.2) is 0 Å². The van der Waals surface area contributed by atoms with Crippen molar-refractivity contribution in [2.45, 2.75) is 210 Å².